The van der Waals surface area contributed by atoms with Crippen molar-refractivity contribution in [1.82, 2.24) is 4.98 Å². The van der Waals surface area contributed by atoms with Crippen LogP contribution in [0.25, 0.3) is 10.9 Å². The second kappa shape index (κ2) is 11.4. The van der Waals surface area contributed by atoms with E-state index in [0.29, 0.717) is 0 Å². The summed E-state index contributed by atoms with van der Waals surface area (Å²) in [5, 5.41) is 17.4. The van der Waals surface area contributed by atoms with Crippen LogP contribution in [-0.4, -0.2) is 11.1 Å². The number of H-pyrrole nitrogens is 1. The van der Waals surface area contributed by atoms with Gasteiger partial charge in [0.15, 0.2) is 0 Å². The van der Waals surface area contributed by atoms with Gasteiger partial charge in [-0.3, -0.25) is 4.79 Å². The van der Waals surface area contributed by atoms with Gasteiger partial charge in [-0.25, -0.2) is 0 Å². The molecule has 0 amide bonds. The normalized spacial score (nSPS) is 8.28. The first-order chi connectivity index (χ1) is 7.52. The van der Waals surface area contributed by atoms with Crippen molar-refractivity contribution in [3.63, 3.8) is 0 Å². The van der Waals surface area contributed by atoms with Gasteiger partial charge in [0.1, 0.15) is 0 Å². The van der Waals surface area contributed by atoms with E-state index in [4.69, 9.17) is 15.0 Å². The third-order valence-electron chi connectivity index (χ3n) is 1.74. The molecule has 1 N–H and O–H groups in total. The molecule has 1 aromatic carbocycles. The Hall–Kier alpha value is 1.70. The van der Waals surface area contributed by atoms with Crippen LogP contribution in [0.2, 0.25) is 0 Å². The van der Waals surface area contributed by atoms with Crippen molar-refractivity contribution in [3.8, 4) is 0 Å². The number of fused-ring (bicyclic) bond motifs is 1. The van der Waals surface area contributed by atoms with E-state index < -0.39 is 6.16 Å². The zero-order valence-electron chi connectivity index (χ0n) is 9.90. The molecule has 0 unspecified atom stereocenters. The van der Waals surface area contributed by atoms with E-state index in [2.05, 4.69) is 4.98 Å². The van der Waals surface area contributed by atoms with Gasteiger partial charge in [0.2, 0.25) is 5.43 Å². The van der Waals surface area contributed by atoms with Gasteiger partial charge < -0.3 is 20.0 Å². The van der Waals surface area contributed by atoms with E-state index in [1.165, 1.54) is 0 Å². The summed E-state index contributed by atoms with van der Waals surface area (Å²) < 4.78 is 0.728. The molecular weight excluding hydrogens is 403 g/mol. The zero-order valence-corrected chi connectivity index (χ0v) is 18.3. The number of benzene rings is 1. The molecule has 0 spiro atoms. The van der Waals surface area contributed by atoms with Gasteiger partial charge in [0.25, 0.3) is 0 Å². The third kappa shape index (κ3) is 7.48. The van der Waals surface area contributed by atoms with E-state index in [0.717, 1.165) is 14.5 Å². The molecule has 0 saturated carbocycles. The van der Waals surface area contributed by atoms with E-state index in [1.54, 1.807) is 6.20 Å². The fourth-order valence-corrected chi connectivity index (χ4v) is 1.59. The predicted octanol–water partition coefficient (Wildman–Crippen LogP) is -6.31. The summed E-state index contributed by atoms with van der Waals surface area (Å²) in [6, 6.07) is 7.50. The number of nitrogens with one attached hydrogen (secondary N) is 1. The molecule has 84 valence electrons. The van der Waals surface area contributed by atoms with Crippen molar-refractivity contribution < 1.29 is 118 Å². The molecule has 2 rings (SSSR count). The predicted molar refractivity (Wildman–Crippen MR) is 62.7 cm³/mol. The van der Waals surface area contributed by atoms with Crippen molar-refractivity contribution in [3.05, 3.63) is 44.3 Å². The number of hydrogen-bond acceptors (Lipinski definition) is 4. The summed E-state index contributed by atoms with van der Waals surface area (Å²) >= 11 is 2.03. The number of halogens is 1. The fourth-order valence-electron chi connectivity index (χ4n) is 1.14. The number of aromatic nitrogens is 1. The van der Waals surface area contributed by atoms with Crippen molar-refractivity contribution in [2.75, 3.05) is 0 Å². The van der Waals surface area contributed by atoms with Crippen LogP contribution in [0.5, 0.6) is 0 Å². The second-order valence-electron chi connectivity index (χ2n) is 2.76. The first-order valence-corrected chi connectivity index (χ1v) is 5.24. The minimum atomic E-state index is -2.33. The summed E-state index contributed by atoms with van der Waals surface area (Å²) in [7, 11) is 0. The molecule has 0 fully saturated rings. The smallest absolute Gasteiger partial charge is 0.652 e. The largest absolute Gasteiger partial charge is 1.00 e. The third-order valence-corrected chi connectivity index (χ3v) is 2.54. The van der Waals surface area contributed by atoms with Crippen LogP contribution in [0.3, 0.4) is 0 Å². The maximum atomic E-state index is 11.5. The Kier molecular flexibility index (Phi) is 13.9. The van der Waals surface area contributed by atoms with Crippen LogP contribution in [0.4, 0.5) is 4.79 Å². The van der Waals surface area contributed by atoms with Crippen molar-refractivity contribution in [2.24, 2.45) is 0 Å². The van der Waals surface area contributed by atoms with Gasteiger partial charge in [-0.2, -0.15) is 0 Å². The standard InChI is InChI=1S/C9H6INO.CH2O3.2K/c10-7-5-11-8-4-2-1-3-6(8)9(7)12;2-1(3)4;;/h1-5H,(H,11,12);(H2,2,3,4);;/q;;2*+1/p-2. The number of hydrogen-bond donors (Lipinski definition) is 1. The van der Waals surface area contributed by atoms with Crippen LogP contribution in [0.15, 0.2) is 35.3 Å². The number of aromatic amines is 1. The molecule has 0 aliphatic carbocycles. The van der Waals surface area contributed by atoms with E-state index in [-0.39, 0.29) is 108 Å². The fraction of sp³-hybridized carbons (Fsp3) is 0. The quantitative estimate of drug-likeness (QED) is 0.346. The molecular formula is C10H6IK2NO4. The number of carbonyl (C=O) groups is 1. The van der Waals surface area contributed by atoms with Crippen LogP contribution < -0.4 is 118 Å². The topological polar surface area (TPSA) is 96.0 Å². The number of carbonyl (C=O) groups excluding carboxylic acids is 1. The van der Waals surface area contributed by atoms with Gasteiger partial charge in [-0.1, -0.05) is 12.1 Å². The average molecular weight is 409 g/mol. The molecule has 0 atom stereocenters. The molecule has 0 aliphatic heterocycles. The van der Waals surface area contributed by atoms with Gasteiger partial charge in [0, 0.05) is 17.1 Å². The SMILES string of the molecule is O=C([O-])[O-].O=c1c(I)c[nH]c2ccccc12.[K+].[K+]. The second-order valence-corrected chi connectivity index (χ2v) is 3.92. The van der Waals surface area contributed by atoms with E-state index >= 15 is 0 Å². The first-order valence-electron chi connectivity index (χ1n) is 4.16. The van der Waals surface area contributed by atoms with Crippen LogP contribution in [0.1, 0.15) is 0 Å². The Bertz CT molecular complexity index is 569. The Labute approximate surface area is 202 Å². The Morgan fingerprint density at radius 2 is 1.67 bits per heavy atom. The molecule has 18 heavy (non-hydrogen) atoms. The summed E-state index contributed by atoms with van der Waals surface area (Å²) in [5.74, 6) is 0. The minimum absolute atomic E-state index is 0. The maximum absolute atomic E-state index is 11.5. The van der Waals surface area contributed by atoms with Gasteiger partial charge >= 0.3 is 103 Å². The molecule has 0 saturated heterocycles. The maximum Gasteiger partial charge on any atom is 1.00 e. The molecule has 5 nitrogen and oxygen atoms in total. The summed E-state index contributed by atoms with van der Waals surface area (Å²) in [6.07, 6.45) is -0.606. The summed E-state index contributed by atoms with van der Waals surface area (Å²) in [6.45, 7) is 0. The Balaban J connectivity index is 0. The van der Waals surface area contributed by atoms with Crippen molar-refractivity contribution >= 4 is 39.6 Å². The molecule has 8 heteroatoms. The summed E-state index contributed by atoms with van der Waals surface area (Å²) in [4.78, 5) is 22.9. The number of pyridine rings is 1. The van der Waals surface area contributed by atoms with Crippen molar-refractivity contribution in [1.29, 1.82) is 0 Å². The molecule has 0 bridgehead atoms. The minimum Gasteiger partial charge on any atom is -0.652 e. The molecule has 0 aliphatic rings. The van der Waals surface area contributed by atoms with E-state index in [1.807, 2.05) is 46.9 Å². The molecule has 2 aromatic rings. The van der Waals surface area contributed by atoms with Gasteiger partial charge in [0.05, 0.1) is 3.57 Å². The number of rotatable bonds is 0. The number of para-hydroxylation sites is 1. The van der Waals surface area contributed by atoms with Gasteiger partial charge in [-0.15, -0.1) is 0 Å². The summed E-state index contributed by atoms with van der Waals surface area (Å²) in [5.41, 5.74) is 0.993. The van der Waals surface area contributed by atoms with E-state index in [9.17, 15) is 4.79 Å². The monoisotopic (exact) mass is 409 g/mol. The number of carboxylic acid groups (broad SMARTS) is 2. The Morgan fingerprint density at radius 1 is 1.17 bits per heavy atom. The molecule has 0 radical (unpaired) electrons. The molecule has 1 heterocycles. The zero-order chi connectivity index (χ0) is 12.1. The van der Waals surface area contributed by atoms with Gasteiger partial charge in [-0.05, 0) is 40.9 Å². The Morgan fingerprint density at radius 3 is 2.22 bits per heavy atom. The first kappa shape index (κ1) is 22.0. The average Bonchev–Trinajstić information content (AvgIpc) is 2.23. The molecule has 1 aromatic heterocycles. The van der Waals surface area contributed by atoms with Crippen LogP contribution >= 0.6 is 22.6 Å². The van der Waals surface area contributed by atoms with Crippen LogP contribution in [0, 0.1) is 3.57 Å². The van der Waals surface area contributed by atoms with Crippen LogP contribution in [-0.2, 0) is 0 Å². The van der Waals surface area contributed by atoms with Crippen molar-refractivity contribution in [2.45, 2.75) is 0 Å².